The summed E-state index contributed by atoms with van der Waals surface area (Å²) >= 11 is 0. The van der Waals surface area contributed by atoms with Gasteiger partial charge in [-0.3, -0.25) is 0 Å². The smallest absolute Gasteiger partial charge is 0.242 e. The molecule has 7 heteroatoms. The molecule has 1 fully saturated rings. The van der Waals surface area contributed by atoms with Gasteiger partial charge in [-0.15, -0.1) is 0 Å². The van der Waals surface area contributed by atoms with Crippen LogP contribution in [0.3, 0.4) is 0 Å². The molecule has 0 aromatic carbocycles. The third-order valence-corrected chi connectivity index (χ3v) is 4.98. The molecule has 6 nitrogen and oxygen atoms in total. The summed E-state index contributed by atoms with van der Waals surface area (Å²) in [5.74, 6) is 0. The summed E-state index contributed by atoms with van der Waals surface area (Å²) in [5.41, 5.74) is 0.0442. The maximum atomic E-state index is 12.3. The molecular formula is C12H20N2O4S. The average Bonchev–Trinajstić information content (AvgIpc) is 2.94. The zero-order valence-corrected chi connectivity index (χ0v) is 12.0. The third kappa shape index (κ3) is 3.00. The first-order valence-electron chi connectivity index (χ1n) is 6.32. The number of aryl methyl sites for hydroxylation is 1. The molecule has 108 valence electrons. The highest BCUT2D eigenvalue weighted by Gasteiger charge is 2.35. The number of hydrogen-bond donors (Lipinski definition) is 2. The first-order valence-corrected chi connectivity index (χ1v) is 7.80. The molecule has 1 atom stereocenters. The van der Waals surface area contributed by atoms with E-state index in [2.05, 4.69) is 4.72 Å². The van der Waals surface area contributed by atoms with Gasteiger partial charge in [-0.1, -0.05) is 0 Å². The van der Waals surface area contributed by atoms with Crippen LogP contribution in [0.1, 0.15) is 26.0 Å². The molecule has 0 saturated carbocycles. The lowest BCUT2D eigenvalue weighted by atomic mass is 10.0. The van der Waals surface area contributed by atoms with Gasteiger partial charge < -0.3 is 14.4 Å². The van der Waals surface area contributed by atoms with Crippen LogP contribution in [0.4, 0.5) is 0 Å². The van der Waals surface area contributed by atoms with E-state index in [-0.39, 0.29) is 11.5 Å². The minimum Gasteiger partial charge on any atom is -0.390 e. The Morgan fingerprint density at radius 1 is 1.58 bits per heavy atom. The fourth-order valence-electron chi connectivity index (χ4n) is 2.23. The largest absolute Gasteiger partial charge is 0.390 e. The van der Waals surface area contributed by atoms with E-state index >= 15 is 0 Å². The van der Waals surface area contributed by atoms with Crippen molar-refractivity contribution < 1.29 is 18.3 Å². The van der Waals surface area contributed by atoms with Crippen LogP contribution >= 0.6 is 0 Å². The summed E-state index contributed by atoms with van der Waals surface area (Å²) in [6.45, 7) is 5.12. The van der Waals surface area contributed by atoms with E-state index in [1.54, 1.807) is 10.8 Å². The number of ether oxygens (including phenoxy) is 1. The zero-order valence-electron chi connectivity index (χ0n) is 11.2. The van der Waals surface area contributed by atoms with Crippen LogP contribution in [-0.4, -0.2) is 36.8 Å². The number of hydrogen-bond acceptors (Lipinski definition) is 4. The van der Waals surface area contributed by atoms with E-state index < -0.39 is 15.6 Å². The predicted octanol–water partition coefficient (Wildman–Crippen LogP) is 0.458. The summed E-state index contributed by atoms with van der Waals surface area (Å²) in [7, 11) is -3.59. The van der Waals surface area contributed by atoms with Crippen molar-refractivity contribution in [3.05, 3.63) is 18.0 Å². The second kappa shape index (κ2) is 5.24. The van der Waals surface area contributed by atoms with Crippen molar-refractivity contribution in [3.8, 4) is 0 Å². The van der Waals surface area contributed by atoms with Gasteiger partial charge in [0.2, 0.25) is 10.0 Å². The van der Waals surface area contributed by atoms with E-state index in [1.807, 2.05) is 13.8 Å². The highest BCUT2D eigenvalue weighted by molar-refractivity contribution is 7.89. The Hall–Kier alpha value is -0.890. The number of nitrogens with zero attached hydrogens (tertiary/aromatic N) is 1. The molecule has 0 bridgehead atoms. The highest BCUT2D eigenvalue weighted by Crippen LogP contribution is 2.22. The summed E-state index contributed by atoms with van der Waals surface area (Å²) in [6, 6.07) is 1.50. The third-order valence-electron chi connectivity index (χ3n) is 3.37. The van der Waals surface area contributed by atoms with Crippen LogP contribution in [0.25, 0.3) is 0 Å². The van der Waals surface area contributed by atoms with Crippen molar-refractivity contribution in [1.82, 2.24) is 9.29 Å². The van der Waals surface area contributed by atoms with Gasteiger partial charge >= 0.3 is 0 Å². The van der Waals surface area contributed by atoms with E-state index in [9.17, 15) is 13.5 Å². The maximum absolute atomic E-state index is 12.3. The lowest BCUT2D eigenvalue weighted by Gasteiger charge is -2.22. The van der Waals surface area contributed by atoms with Crippen LogP contribution in [0.5, 0.6) is 0 Å². The maximum Gasteiger partial charge on any atom is 0.242 e. The summed E-state index contributed by atoms with van der Waals surface area (Å²) in [5, 5.41) is 9.21. The number of aromatic nitrogens is 1. The fraction of sp³-hybridized carbons (Fsp3) is 0.667. The van der Waals surface area contributed by atoms with Gasteiger partial charge in [-0.2, -0.15) is 0 Å². The SMILES string of the molecule is CCn1cc(S(=O)(=O)NC2(C)CCOC2)cc1CO. The van der Waals surface area contributed by atoms with Crippen LogP contribution < -0.4 is 4.72 Å². The molecular weight excluding hydrogens is 268 g/mol. The number of aliphatic hydroxyl groups is 1. The molecule has 19 heavy (non-hydrogen) atoms. The summed E-state index contributed by atoms with van der Waals surface area (Å²) in [6.07, 6.45) is 2.21. The number of rotatable bonds is 5. The normalized spacial score (nSPS) is 23.9. The van der Waals surface area contributed by atoms with Crippen molar-refractivity contribution in [2.24, 2.45) is 0 Å². The van der Waals surface area contributed by atoms with E-state index in [1.165, 1.54) is 6.07 Å². The van der Waals surface area contributed by atoms with Crippen molar-refractivity contribution in [3.63, 3.8) is 0 Å². The van der Waals surface area contributed by atoms with Gasteiger partial charge in [0.25, 0.3) is 0 Å². The first-order chi connectivity index (χ1) is 8.90. The quantitative estimate of drug-likeness (QED) is 0.825. The van der Waals surface area contributed by atoms with Crippen molar-refractivity contribution >= 4 is 10.0 Å². The van der Waals surface area contributed by atoms with Gasteiger partial charge in [0, 0.05) is 25.0 Å². The Morgan fingerprint density at radius 3 is 2.79 bits per heavy atom. The Bertz CT molecular complexity index is 523. The number of sulfonamides is 1. The Morgan fingerprint density at radius 2 is 2.32 bits per heavy atom. The molecule has 1 saturated heterocycles. The van der Waals surface area contributed by atoms with Gasteiger partial charge in [0.05, 0.1) is 23.6 Å². The van der Waals surface area contributed by atoms with Crippen molar-refractivity contribution in [1.29, 1.82) is 0 Å². The van der Waals surface area contributed by atoms with E-state index in [0.717, 1.165) is 0 Å². The molecule has 0 spiro atoms. The molecule has 2 N–H and O–H groups in total. The first kappa shape index (κ1) is 14.5. The van der Waals surface area contributed by atoms with Gasteiger partial charge in [-0.25, -0.2) is 13.1 Å². The van der Waals surface area contributed by atoms with Crippen molar-refractivity contribution in [2.45, 2.75) is 43.9 Å². The van der Waals surface area contributed by atoms with Crippen LogP contribution in [0.2, 0.25) is 0 Å². The monoisotopic (exact) mass is 288 g/mol. The highest BCUT2D eigenvalue weighted by atomic mass is 32.2. The second-order valence-corrected chi connectivity index (χ2v) is 6.76. The van der Waals surface area contributed by atoms with Crippen LogP contribution in [0, 0.1) is 0 Å². The standard InChI is InChI=1S/C12H20N2O4S/c1-3-14-7-11(6-10(14)8-15)19(16,17)13-12(2)4-5-18-9-12/h6-7,13,15H,3-5,8-9H2,1-2H3. The second-order valence-electron chi connectivity index (χ2n) is 5.08. The molecule has 1 aliphatic heterocycles. The summed E-state index contributed by atoms with van der Waals surface area (Å²) < 4.78 is 34.3. The average molecular weight is 288 g/mol. The molecule has 0 aliphatic carbocycles. The molecule has 2 rings (SSSR count). The van der Waals surface area contributed by atoms with Crippen molar-refractivity contribution in [2.75, 3.05) is 13.2 Å². The molecule has 0 radical (unpaired) electrons. The van der Waals surface area contributed by atoms with Gasteiger partial charge in [0.15, 0.2) is 0 Å². The molecule has 1 unspecified atom stereocenters. The molecule has 0 amide bonds. The predicted molar refractivity (Wildman–Crippen MR) is 70.2 cm³/mol. The molecule has 2 heterocycles. The zero-order chi connectivity index (χ0) is 14.1. The Balaban J connectivity index is 2.26. The van der Waals surface area contributed by atoms with Crippen LogP contribution in [0.15, 0.2) is 17.2 Å². The lowest BCUT2D eigenvalue weighted by Crippen LogP contribution is -2.46. The molecule has 1 aromatic rings. The summed E-state index contributed by atoms with van der Waals surface area (Å²) in [4.78, 5) is 0.187. The van der Waals surface area contributed by atoms with Crippen LogP contribution in [-0.2, 0) is 27.9 Å². The Labute approximate surface area is 113 Å². The van der Waals surface area contributed by atoms with Gasteiger partial charge in [-0.05, 0) is 26.3 Å². The minimum absolute atomic E-state index is 0.177. The molecule has 1 aromatic heterocycles. The molecule has 1 aliphatic rings. The lowest BCUT2D eigenvalue weighted by molar-refractivity contribution is 0.178. The van der Waals surface area contributed by atoms with E-state index in [0.29, 0.717) is 31.9 Å². The number of nitrogens with one attached hydrogen (secondary N) is 1. The fourth-order valence-corrected chi connectivity index (χ4v) is 3.71. The van der Waals surface area contributed by atoms with Gasteiger partial charge in [0.1, 0.15) is 0 Å². The number of aliphatic hydroxyl groups excluding tert-OH is 1. The Kier molecular flexibility index (Phi) is 4.00. The minimum atomic E-state index is -3.59. The van der Waals surface area contributed by atoms with E-state index in [4.69, 9.17) is 4.74 Å². The topological polar surface area (TPSA) is 80.6 Å².